The lowest BCUT2D eigenvalue weighted by molar-refractivity contribution is 0.0846. The van der Waals surface area contributed by atoms with Gasteiger partial charge in [-0.15, -0.1) is 0 Å². The molecular formula is C23H25N3O4. The van der Waals surface area contributed by atoms with Crippen molar-refractivity contribution in [1.29, 1.82) is 5.26 Å². The summed E-state index contributed by atoms with van der Waals surface area (Å²) in [7, 11) is 1.55. The Labute approximate surface area is 176 Å². The smallest absolute Gasteiger partial charge is 0.418 e. The Morgan fingerprint density at radius 1 is 1.07 bits per heavy atom. The molecule has 0 atom stereocenters. The van der Waals surface area contributed by atoms with Crippen LogP contribution in [0.25, 0.3) is 0 Å². The number of hydrogen-bond donors (Lipinski definition) is 0. The van der Waals surface area contributed by atoms with Gasteiger partial charge in [0, 0.05) is 6.04 Å². The molecule has 0 saturated heterocycles. The van der Waals surface area contributed by atoms with E-state index in [1.807, 2.05) is 36.5 Å². The first-order chi connectivity index (χ1) is 14.6. The lowest BCUT2D eigenvalue weighted by Gasteiger charge is -2.29. The number of amides is 3. The number of methoxy groups -OCH3 is 1. The third-order valence-electron chi connectivity index (χ3n) is 5.12. The summed E-state index contributed by atoms with van der Waals surface area (Å²) in [6, 6.07) is 15.5. The van der Waals surface area contributed by atoms with Crippen LogP contribution in [0.3, 0.4) is 0 Å². The van der Waals surface area contributed by atoms with Crippen molar-refractivity contribution in [3.8, 4) is 11.9 Å². The first-order valence-electron chi connectivity index (χ1n) is 9.96. The summed E-state index contributed by atoms with van der Waals surface area (Å²) in [5.74, 6) is 0.632. The number of benzene rings is 2. The third-order valence-corrected chi connectivity index (χ3v) is 5.12. The highest BCUT2D eigenvalue weighted by atomic mass is 16.6. The SMILES string of the molecule is COc1cccc(CN(C#N)C(=O)N(C(=O)OCc2ccccc2)C2CCCC2)c1. The molecule has 3 rings (SSSR count). The van der Waals surface area contributed by atoms with Gasteiger partial charge in [0.2, 0.25) is 0 Å². The summed E-state index contributed by atoms with van der Waals surface area (Å²) in [5, 5.41) is 9.61. The van der Waals surface area contributed by atoms with Crippen LogP contribution in [-0.2, 0) is 17.9 Å². The Bertz CT molecular complexity index is 904. The second kappa shape index (κ2) is 10.3. The molecule has 1 aliphatic rings. The van der Waals surface area contributed by atoms with Crippen molar-refractivity contribution in [3.05, 3.63) is 65.7 Å². The Hall–Kier alpha value is -3.53. The molecule has 30 heavy (non-hydrogen) atoms. The van der Waals surface area contributed by atoms with Crippen molar-refractivity contribution in [2.24, 2.45) is 0 Å². The minimum Gasteiger partial charge on any atom is -0.497 e. The zero-order chi connectivity index (χ0) is 21.3. The number of imide groups is 1. The summed E-state index contributed by atoms with van der Waals surface area (Å²) in [4.78, 5) is 28.1. The maximum atomic E-state index is 13.2. The van der Waals surface area contributed by atoms with Gasteiger partial charge in [-0.2, -0.15) is 5.26 Å². The van der Waals surface area contributed by atoms with Gasteiger partial charge in [-0.05, 0) is 36.1 Å². The minimum atomic E-state index is -0.721. The molecule has 0 N–H and O–H groups in total. The predicted molar refractivity (Wildman–Crippen MR) is 110 cm³/mol. The lowest BCUT2D eigenvalue weighted by atomic mass is 10.2. The maximum Gasteiger partial charge on any atom is 0.418 e. The van der Waals surface area contributed by atoms with Crippen molar-refractivity contribution < 1.29 is 19.1 Å². The second-order valence-corrected chi connectivity index (χ2v) is 7.17. The van der Waals surface area contributed by atoms with E-state index in [-0.39, 0.29) is 19.2 Å². The molecule has 2 aromatic carbocycles. The molecule has 2 aromatic rings. The molecule has 0 radical (unpaired) electrons. The van der Waals surface area contributed by atoms with Crippen LogP contribution < -0.4 is 4.74 Å². The summed E-state index contributed by atoms with van der Waals surface area (Å²) < 4.78 is 10.6. The fraction of sp³-hybridized carbons (Fsp3) is 0.348. The predicted octanol–water partition coefficient (Wildman–Crippen LogP) is 4.68. The van der Waals surface area contributed by atoms with Gasteiger partial charge in [-0.3, -0.25) is 0 Å². The molecular weight excluding hydrogens is 382 g/mol. The number of ether oxygens (including phenoxy) is 2. The molecule has 156 valence electrons. The van der Waals surface area contributed by atoms with Crippen molar-refractivity contribution in [2.45, 2.75) is 44.9 Å². The van der Waals surface area contributed by atoms with E-state index in [0.29, 0.717) is 18.6 Å². The van der Waals surface area contributed by atoms with Gasteiger partial charge >= 0.3 is 12.1 Å². The lowest BCUT2D eigenvalue weighted by Crippen LogP contribution is -2.49. The largest absolute Gasteiger partial charge is 0.497 e. The van der Waals surface area contributed by atoms with E-state index in [1.165, 1.54) is 0 Å². The van der Waals surface area contributed by atoms with Crippen LogP contribution in [0.4, 0.5) is 9.59 Å². The van der Waals surface area contributed by atoms with Gasteiger partial charge in [-0.1, -0.05) is 55.3 Å². The van der Waals surface area contributed by atoms with Gasteiger partial charge in [-0.25, -0.2) is 19.4 Å². The van der Waals surface area contributed by atoms with Gasteiger partial charge in [0.05, 0.1) is 13.7 Å². The molecule has 0 heterocycles. The molecule has 0 spiro atoms. The number of urea groups is 1. The minimum absolute atomic E-state index is 0.0434. The van der Waals surface area contributed by atoms with E-state index in [9.17, 15) is 14.9 Å². The van der Waals surface area contributed by atoms with Crippen molar-refractivity contribution in [3.63, 3.8) is 0 Å². The molecule has 1 fully saturated rings. The highest BCUT2D eigenvalue weighted by Crippen LogP contribution is 2.26. The molecule has 0 aromatic heterocycles. The first kappa shape index (κ1) is 21.2. The number of carbonyl (C=O) groups excluding carboxylic acids is 2. The Morgan fingerprint density at radius 2 is 1.77 bits per heavy atom. The van der Waals surface area contributed by atoms with Crippen molar-refractivity contribution in [2.75, 3.05) is 7.11 Å². The van der Waals surface area contributed by atoms with E-state index in [2.05, 4.69) is 0 Å². The fourth-order valence-corrected chi connectivity index (χ4v) is 3.56. The summed E-state index contributed by atoms with van der Waals surface area (Å²) in [5.41, 5.74) is 1.56. The highest BCUT2D eigenvalue weighted by molar-refractivity contribution is 5.92. The third kappa shape index (κ3) is 5.29. The zero-order valence-electron chi connectivity index (χ0n) is 17.0. The molecule has 1 aliphatic carbocycles. The van der Waals surface area contributed by atoms with E-state index >= 15 is 0 Å². The Morgan fingerprint density at radius 3 is 2.43 bits per heavy atom. The molecule has 0 unspecified atom stereocenters. The van der Waals surface area contributed by atoms with Crippen LogP contribution in [0.1, 0.15) is 36.8 Å². The number of carbonyl (C=O) groups is 2. The average molecular weight is 407 g/mol. The highest BCUT2D eigenvalue weighted by Gasteiger charge is 2.36. The summed E-state index contributed by atoms with van der Waals surface area (Å²) in [6.45, 7) is 0.111. The quantitative estimate of drug-likeness (QED) is 0.513. The van der Waals surface area contributed by atoms with E-state index in [0.717, 1.165) is 33.8 Å². The molecule has 7 nitrogen and oxygen atoms in total. The van der Waals surface area contributed by atoms with Gasteiger partial charge in [0.25, 0.3) is 0 Å². The normalized spacial score (nSPS) is 13.3. The van der Waals surface area contributed by atoms with Crippen LogP contribution in [-0.4, -0.2) is 35.1 Å². The molecule has 7 heteroatoms. The average Bonchev–Trinajstić information content (AvgIpc) is 3.31. The summed E-state index contributed by atoms with van der Waals surface area (Å²) in [6.07, 6.45) is 4.49. The van der Waals surface area contributed by atoms with E-state index in [1.54, 1.807) is 31.4 Å². The second-order valence-electron chi connectivity index (χ2n) is 7.17. The van der Waals surface area contributed by atoms with Gasteiger partial charge in [0.15, 0.2) is 6.19 Å². The molecule has 3 amide bonds. The van der Waals surface area contributed by atoms with Crippen LogP contribution in [0, 0.1) is 11.5 Å². The van der Waals surface area contributed by atoms with Crippen molar-refractivity contribution >= 4 is 12.1 Å². The number of nitrogens with zero attached hydrogens (tertiary/aromatic N) is 3. The first-order valence-corrected chi connectivity index (χ1v) is 9.96. The topological polar surface area (TPSA) is 82.9 Å². The Balaban J connectivity index is 1.74. The summed E-state index contributed by atoms with van der Waals surface area (Å²) >= 11 is 0. The molecule has 0 bridgehead atoms. The zero-order valence-corrected chi connectivity index (χ0v) is 17.0. The van der Waals surface area contributed by atoms with E-state index in [4.69, 9.17) is 9.47 Å². The van der Waals surface area contributed by atoms with Crippen LogP contribution >= 0.6 is 0 Å². The number of hydrogen-bond acceptors (Lipinski definition) is 5. The van der Waals surface area contributed by atoms with Crippen LogP contribution in [0.5, 0.6) is 5.75 Å². The van der Waals surface area contributed by atoms with Gasteiger partial charge in [0.1, 0.15) is 12.4 Å². The number of rotatable bonds is 6. The van der Waals surface area contributed by atoms with E-state index < -0.39 is 12.1 Å². The maximum absolute atomic E-state index is 13.2. The molecule has 1 saturated carbocycles. The monoisotopic (exact) mass is 407 g/mol. The fourth-order valence-electron chi connectivity index (χ4n) is 3.56. The molecule has 0 aliphatic heterocycles. The standard InChI is InChI=1S/C23H25N3O4/c1-29-21-13-7-10-19(14-21)15-25(17-24)22(27)26(20-11-5-6-12-20)23(28)30-16-18-8-3-2-4-9-18/h2-4,7-10,13-14,20H,5-6,11-12,15-16H2,1H3. The van der Waals surface area contributed by atoms with Crippen molar-refractivity contribution in [1.82, 2.24) is 9.80 Å². The van der Waals surface area contributed by atoms with Crippen LogP contribution in [0.2, 0.25) is 0 Å². The Kier molecular flexibility index (Phi) is 7.28. The number of nitriles is 1. The van der Waals surface area contributed by atoms with Gasteiger partial charge < -0.3 is 9.47 Å². The van der Waals surface area contributed by atoms with Crippen LogP contribution in [0.15, 0.2) is 54.6 Å².